The summed E-state index contributed by atoms with van der Waals surface area (Å²) in [5.41, 5.74) is 4.28. The van der Waals surface area contributed by atoms with E-state index < -0.39 is 0 Å². The zero-order valence-corrected chi connectivity index (χ0v) is 21.7. The molecule has 2 heterocycles. The molecule has 0 unspecified atom stereocenters. The largest absolute Gasteiger partial charge is 0.483 e. The van der Waals surface area contributed by atoms with Crippen molar-refractivity contribution in [2.45, 2.75) is 31.7 Å². The molecule has 0 radical (unpaired) electrons. The first-order valence-corrected chi connectivity index (χ1v) is 13.0. The van der Waals surface area contributed by atoms with Gasteiger partial charge in [-0.2, -0.15) is 0 Å². The Morgan fingerprint density at radius 3 is 2.11 bits per heavy atom. The molecule has 0 bridgehead atoms. The maximum absolute atomic E-state index is 13.5. The Bertz CT molecular complexity index is 1330. The van der Waals surface area contributed by atoms with Gasteiger partial charge < -0.3 is 19.1 Å². The fourth-order valence-electron chi connectivity index (χ4n) is 5.38. The van der Waals surface area contributed by atoms with Crippen LogP contribution in [-0.4, -0.2) is 41.4 Å². The fourth-order valence-corrected chi connectivity index (χ4v) is 5.38. The summed E-state index contributed by atoms with van der Waals surface area (Å²) < 4.78 is 13.9. The molecule has 6 nitrogen and oxygen atoms in total. The molecule has 1 aliphatic rings. The molecule has 1 N–H and O–H groups in total. The maximum atomic E-state index is 13.5. The van der Waals surface area contributed by atoms with Gasteiger partial charge in [0.1, 0.15) is 6.61 Å². The Kier molecular flexibility index (Phi) is 8.34. The lowest BCUT2D eigenvalue weighted by Gasteiger charge is -2.41. The minimum Gasteiger partial charge on any atom is -0.483 e. The number of pyridine rings is 1. The van der Waals surface area contributed by atoms with Crippen LogP contribution < -0.4 is 10.2 Å². The number of rotatable bonds is 10. The molecule has 1 atom stereocenters. The van der Waals surface area contributed by atoms with E-state index in [0.717, 1.165) is 24.3 Å². The topological polar surface area (TPSA) is 63.9 Å². The predicted octanol–water partition coefficient (Wildman–Crippen LogP) is 4.75. The van der Waals surface area contributed by atoms with Gasteiger partial charge in [0.25, 0.3) is 0 Å². The Labute approximate surface area is 223 Å². The Morgan fingerprint density at radius 2 is 1.53 bits per heavy atom. The van der Waals surface area contributed by atoms with E-state index in [1.807, 2.05) is 48.7 Å². The number of benzene rings is 3. The van der Waals surface area contributed by atoms with Crippen molar-refractivity contribution < 1.29 is 14.6 Å². The highest BCUT2D eigenvalue weighted by atomic mass is 16.5. The molecule has 6 heteroatoms. The molecule has 0 spiro atoms. The number of methoxy groups -OCH3 is 1. The average molecular weight is 511 g/mol. The standard InChI is InChI=1S/C32H34N2O4/c1-37-18-17-33-20-28(30(25-13-7-3-8-14-25)26-15-9-4-10-16-26)34-19-27(22-35)31(36)32(29(34)21-33)38-23-24-11-5-2-6-12-24/h2-16,19,28,30,35H,17-18,20-23H2,1H3/t28-/m1/s1. The molecule has 0 amide bonds. The number of nitrogens with zero attached hydrogens (tertiary/aromatic N) is 2. The first-order valence-electron chi connectivity index (χ1n) is 13.0. The van der Waals surface area contributed by atoms with Crippen LogP contribution in [0.2, 0.25) is 0 Å². The van der Waals surface area contributed by atoms with Gasteiger partial charge in [-0.3, -0.25) is 9.69 Å². The van der Waals surface area contributed by atoms with Crippen molar-refractivity contribution in [1.29, 1.82) is 0 Å². The molecule has 3 aromatic carbocycles. The zero-order chi connectivity index (χ0) is 26.3. The van der Waals surface area contributed by atoms with Crippen LogP contribution in [-0.2, 0) is 24.5 Å². The highest BCUT2D eigenvalue weighted by Crippen LogP contribution is 2.40. The SMILES string of the molecule is COCCN1Cc2c(OCc3ccccc3)c(=O)c(CO)cn2[C@@H](C(c2ccccc2)c2ccccc2)C1. The molecular formula is C32H34N2O4. The van der Waals surface area contributed by atoms with Crippen LogP contribution in [0.3, 0.4) is 0 Å². The van der Waals surface area contributed by atoms with E-state index in [9.17, 15) is 9.90 Å². The smallest absolute Gasteiger partial charge is 0.229 e. The van der Waals surface area contributed by atoms with Crippen LogP contribution in [0, 0.1) is 0 Å². The third-order valence-corrected chi connectivity index (χ3v) is 7.25. The molecule has 1 aromatic heterocycles. The van der Waals surface area contributed by atoms with Crippen molar-refractivity contribution in [2.75, 3.05) is 26.8 Å². The van der Waals surface area contributed by atoms with Gasteiger partial charge in [-0.25, -0.2) is 0 Å². The lowest BCUT2D eigenvalue weighted by molar-refractivity contribution is 0.110. The van der Waals surface area contributed by atoms with Gasteiger partial charge in [0.05, 0.1) is 24.9 Å². The minimum atomic E-state index is -0.345. The molecule has 196 valence electrons. The van der Waals surface area contributed by atoms with E-state index in [0.29, 0.717) is 24.5 Å². The highest BCUT2D eigenvalue weighted by molar-refractivity contribution is 5.39. The summed E-state index contributed by atoms with van der Waals surface area (Å²) in [5, 5.41) is 10.2. The highest BCUT2D eigenvalue weighted by Gasteiger charge is 2.35. The van der Waals surface area contributed by atoms with Crippen molar-refractivity contribution in [2.24, 2.45) is 0 Å². The Morgan fingerprint density at radius 1 is 0.921 bits per heavy atom. The summed E-state index contributed by atoms with van der Waals surface area (Å²) in [7, 11) is 1.71. The van der Waals surface area contributed by atoms with Crippen molar-refractivity contribution >= 4 is 0 Å². The maximum Gasteiger partial charge on any atom is 0.229 e. The second kappa shape index (κ2) is 12.2. The molecule has 0 saturated carbocycles. The first-order chi connectivity index (χ1) is 18.7. The van der Waals surface area contributed by atoms with Crippen LogP contribution in [0.5, 0.6) is 5.75 Å². The summed E-state index contributed by atoms with van der Waals surface area (Å²) in [6.45, 7) is 2.58. The van der Waals surface area contributed by atoms with E-state index >= 15 is 0 Å². The predicted molar refractivity (Wildman–Crippen MR) is 148 cm³/mol. The number of fused-ring (bicyclic) bond motifs is 1. The van der Waals surface area contributed by atoms with Gasteiger partial charge >= 0.3 is 0 Å². The van der Waals surface area contributed by atoms with Gasteiger partial charge in [-0.1, -0.05) is 91.0 Å². The van der Waals surface area contributed by atoms with Gasteiger partial charge in [0, 0.05) is 44.4 Å². The monoisotopic (exact) mass is 510 g/mol. The van der Waals surface area contributed by atoms with Crippen LogP contribution >= 0.6 is 0 Å². The summed E-state index contributed by atoms with van der Waals surface area (Å²) >= 11 is 0. The van der Waals surface area contributed by atoms with Crippen molar-refractivity contribution in [3.63, 3.8) is 0 Å². The van der Waals surface area contributed by atoms with E-state index in [-0.39, 0.29) is 30.6 Å². The molecular weight excluding hydrogens is 476 g/mol. The molecule has 38 heavy (non-hydrogen) atoms. The normalized spacial score (nSPS) is 15.4. The van der Waals surface area contributed by atoms with E-state index in [2.05, 4.69) is 58.0 Å². The third-order valence-electron chi connectivity index (χ3n) is 7.25. The molecule has 0 aliphatic carbocycles. The van der Waals surface area contributed by atoms with Gasteiger partial charge in [0.2, 0.25) is 5.43 Å². The summed E-state index contributed by atoms with van der Waals surface area (Å²) in [4.78, 5) is 15.8. The quantitative estimate of drug-likeness (QED) is 0.334. The summed E-state index contributed by atoms with van der Waals surface area (Å²) in [6, 6.07) is 30.8. The number of ether oxygens (including phenoxy) is 2. The molecule has 1 aliphatic heterocycles. The summed E-state index contributed by atoms with van der Waals surface area (Å²) in [6.07, 6.45) is 1.84. The van der Waals surface area contributed by atoms with Crippen LogP contribution in [0.25, 0.3) is 0 Å². The lowest BCUT2D eigenvalue weighted by Crippen LogP contribution is -2.43. The average Bonchev–Trinajstić information content (AvgIpc) is 2.97. The minimum absolute atomic E-state index is 0.0255. The van der Waals surface area contributed by atoms with Gasteiger partial charge in [-0.15, -0.1) is 0 Å². The molecule has 0 fully saturated rings. The number of hydrogen-bond acceptors (Lipinski definition) is 5. The van der Waals surface area contributed by atoms with Crippen molar-refractivity contribution in [1.82, 2.24) is 9.47 Å². The number of hydrogen-bond donors (Lipinski definition) is 1. The van der Waals surface area contributed by atoms with Crippen LogP contribution in [0.1, 0.15) is 39.9 Å². The van der Waals surface area contributed by atoms with Crippen molar-refractivity contribution in [3.8, 4) is 5.75 Å². The van der Waals surface area contributed by atoms with Crippen molar-refractivity contribution in [3.05, 3.63) is 135 Å². The molecule has 0 saturated heterocycles. The van der Waals surface area contributed by atoms with E-state index in [1.165, 1.54) is 11.1 Å². The number of aliphatic hydroxyl groups is 1. The fraction of sp³-hybridized carbons (Fsp3) is 0.281. The Balaban J connectivity index is 1.65. The second-order valence-electron chi connectivity index (χ2n) is 9.69. The van der Waals surface area contributed by atoms with Crippen LogP contribution in [0.4, 0.5) is 0 Å². The Hall–Kier alpha value is -3.71. The van der Waals surface area contributed by atoms with Gasteiger partial charge in [-0.05, 0) is 16.7 Å². The van der Waals surface area contributed by atoms with Gasteiger partial charge in [0.15, 0.2) is 5.75 Å². The summed E-state index contributed by atoms with van der Waals surface area (Å²) in [5.74, 6) is 0.338. The zero-order valence-electron chi connectivity index (χ0n) is 21.7. The lowest BCUT2D eigenvalue weighted by atomic mass is 9.83. The van der Waals surface area contributed by atoms with E-state index in [1.54, 1.807) is 7.11 Å². The second-order valence-corrected chi connectivity index (χ2v) is 9.69. The number of aliphatic hydroxyl groups excluding tert-OH is 1. The first kappa shape index (κ1) is 25.9. The number of aromatic nitrogens is 1. The van der Waals surface area contributed by atoms with Crippen LogP contribution in [0.15, 0.2) is 102 Å². The third kappa shape index (κ3) is 5.58. The van der Waals surface area contributed by atoms with E-state index in [4.69, 9.17) is 9.47 Å². The molecule has 4 aromatic rings. The molecule has 5 rings (SSSR count).